The smallest absolute Gasteiger partial charge is 0.234 e. The fourth-order valence-corrected chi connectivity index (χ4v) is 4.43. The molecule has 0 saturated carbocycles. The largest absolute Gasteiger partial charge is 0.486 e. The normalized spacial score (nSPS) is 10.7. The molecule has 8 heteroatoms. The Hall–Kier alpha value is -2.58. The SMILES string of the molecule is C=CCn1c(COc2ccc(CCC)cc2)nnc1SCC(=O)Nc1ccc(C)cc1Br. The fraction of sp³-hybridized carbons (Fsp3) is 0.292. The molecule has 168 valence electrons. The molecule has 0 atom stereocenters. The summed E-state index contributed by atoms with van der Waals surface area (Å²) >= 11 is 4.81. The molecule has 6 nitrogen and oxygen atoms in total. The predicted octanol–water partition coefficient (Wildman–Crippen LogP) is 5.80. The number of amides is 1. The van der Waals surface area contributed by atoms with E-state index in [4.69, 9.17) is 4.74 Å². The monoisotopic (exact) mass is 514 g/mol. The Kier molecular flexibility index (Phi) is 8.93. The zero-order chi connectivity index (χ0) is 22.9. The molecule has 0 aliphatic carbocycles. The van der Waals surface area contributed by atoms with Crippen molar-refractivity contribution in [3.8, 4) is 5.75 Å². The lowest BCUT2D eigenvalue weighted by Gasteiger charge is -2.10. The number of nitrogens with one attached hydrogen (secondary N) is 1. The number of allylic oxidation sites excluding steroid dienone is 1. The van der Waals surface area contributed by atoms with Crippen LogP contribution >= 0.6 is 27.7 Å². The lowest BCUT2D eigenvalue weighted by Crippen LogP contribution is -2.15. The highest BCUT2D eigenvalue weighted by atomic mass is 79.9. The van der Waals surface area contributed by atoms with E-state index in [1.165, 1.54) is 17.3 Å². The summed E-state index contributed by atoms with van der Waals surface area (Å²) in [5, 5.41) is 12.1. The Morgan fingerprint density at radius 3 is 2.72 bits per heavy atom. The second kappa shape index (κ2) is 11.9. The van der Waals surface area contributed by atoms with Crippen molar-refractivity contribution in [2.45, 2.75) is 45.0 Å². The van der Waals surface area contributed by atoms with Crippen LogP contribution in [0.15, 0.2) is 64.7 Å². The number of ether oxygens (including phenoxy) is 1. The van der Waals surface area contributed by atoms with Gasteiger partial charge in [0, 0.05) is 11.0 Å². The van der Waals surface area contributed by atoms with Crippen LogP contribution in [0.1, 0.15) is 30.3 Å². The molecule has 0 unspecified atom stereocenters. The number of carbonyl (C=O) groups excluding carboxylic acids is 1. The van der Waals surface area contributed by atoms with Gasteiger partial charge in [-0.15, -0.1) is 16.8 Å². The lowest BCUT2D eigenvalue weighted by molar-refractivity contribution is -0.113. The van der Waals surface area contributed by atoms with E-state index in [1.807, 2.05) is 41.8 Å². The second-order valence-electron chi connectivity index (χ2n) is 7.30. The number of aromatic nitrogens is 3. The summed E-state index contributed by atoms with van der Waals surface area (Å²) in [6, 6.07) is 13.9. The van der Waals surface area contributed by atoms with Gasteiger partial charge in [0.15, 0.2) is 11.0 Å². The van der Waals surface area contributed by atoms with Crippen molar-refractivity contribution < 1.29 is 9.53 Å². The fourth-order valence-electron chi connectivity index (χ4n) is 3.07. The number of halogens is 1. The molecule has 1 heterocycles. The summed E-state index contributed by atoms with van der Waals surface area (Å²) in [5.74, 6) is 1.58. The lowest BCUT2D eigenvalue weighted by atomic mass is 10.1. The summed E-state index contributed by atoms with van der Waals surface area (Å²) in [6.07, 6.45) is 3.95. The van der Waals surface area contributed by atoms with Crippen molar-refractivity contribution in [1.82, 2.24) is 14.8 Å². The molecule has 2 aromatic carbocycles. The van der Waals surface area contributed by atoms with E-state index in [0.717, 1.165) is 34.3 Å². The Bertz CT molecular complexity index is 1070. The van der Waals surface area contributed by atoms with Crippen molar-refractivity contribution in [3.05, 3.63) is 76.5 Å². The first-order valence-electron chi connectivity index (χ1n) is 10.4. The van der Waals surface area contributed by atoms with E-state index in [9.17, 15) is 4.79 Å². The molecule has 1 N–H and O–H groups in total. The van der Waals surface area contributed by atoms with E-state index in [1.54, 1.807) is 6.08 Å². The summed E-state index contributed by atoms with van der Waals surface area (Å²) < 4.78 is 8.67. The number of thioether (sulfide) groups is 1. The van der Waals surface area contributed by atoms with E-state index >= 15 is 0 Å². The van der Waals surface area contributed by atoms with Crippen LogP contribution in [-0.2, 0) is 24.4 Å². The minimum atomic E-state index is -0.113. The molecule has 0 spiro atoms. The van der Waals surface area contributed by atoms with E-state index in [0.29, 0.717) is 17.5 Å². The Morgan fingerprint density at radius 1 is 1.25 bits per heavy atom. The van der Waals surface area contributed by atoms with Crippen molar-refractivity contribution in [2.24, 2.45) is 0 Å². The average molecular weight is 515 g/mol. The van der Waals surface area contributed by atoms with Gasteiger partial charge in [0.05, 0.1) is 11.4 Å². The van der Waals surface area contributed by atoms with Crippen LogP contribution in [0.25, 0.3) is 0 Å². The van der Waals surface area contributed by atoms with E-state index < -0.39 is 0 Å². The molecule has 1 aromatic heterocycles. The van der Waals surface area contributed by atoms with Crippen LogP contribution in [0.3, 0.4) is 0 Å². The van der Waals surface area contributed by atoms with Crippen LogP contribution in [-0.4, -0.2) is 26.4 Å². The summed E-state index contributed by atoms with van der Waals surface area (Å²) in [4.78, 5) is 12.4. The first-order valence-corrected chi connectivity index (χ1v) is 12.2. The van der Waals surface area contributed by atoms with Crippen molar-refractivity contribution in [1.29, 1.82) is 0 Å². The van der Waals surface area contributed by atoms with Gasteiger partial charge < -0.3 is 10.1 Å². The summed E-state index contributed by atoms with van der Waals surface area (Å²) in [5.41, 5.74) is 3.16. The molecule has 32 heavy (non-hydrogen) atoms. The maximum Gasteiger partial charge on any atom is 0.234 e. The molecule has 3 aromatic rings. The van der Waals surface area contributed by atoms with Gasteiger partial charge in [0.25, 0.3) is 0 Å². The molecule has 0 aliphatic rings. The first-order chi connectivity index (χ1) is 15.5. The van der Waals surface area contributed by atoms with Gasteiger partial charge in [0.1, 0.15) is 12.4 Å². The van der Waals surface area contributed by atoms with Crippen LogP contribution in [0, 0.1) is 6.92 Å². The van der Waals surface area contributed by atoms with Crippen LogP contribution in [0.4, 0.5) is 5.69 Å². The molecular weight excluding hydrogens is 488 g/mol. The summed E-state index contributed by atoms with van der Waals surface area (Å²) in [7, 11) is 0. The van der Waals surface area contributed by atoms with Gasteiger partial charge in [-0.25, -0.2) is 0 Å². The number of benzene rings is 2. The molecule has 0 aliphatic heterocycles. The van der Waals surface area contributed by atoms with E-state index in [-0.39, 0.29) is 18.3 Å². The quantitative estimate of drug-likeness (QED) is 0.258. The van der Waals surface area contributed by atoms with Crippen molar-refractivity contribution in [3.63, 3.8) is 0 Å². The predicted molar refractivity (Wildman–Crippen MR) is 133 cm³/mol. The third-order valence-electron chi connectivity index (χ3n) is 4.67. The Labute approximate surface area is 201 Å². The van der Waals surface area contributed by atoms with Crippen LogP contribution < -0.4 is 10.1 Å². The van der Waals surface area contributed by atoms with E-state index in [2.05, 4.69) is 57.1 Å². The zero-order valence-corrected chi connectivity index (χ0v) is 20.7. The van der Waals surface area contributed by atoms with Gasteiger partial charge in [-0.2, -0.15) is 0 Å². The third kappa shape index (κ3) is 6.71. The number of nitrogens with zero attached hydrogens (tertiary/aromatic N) is 3. The molecule has 3 rings (SSSR count). The maximum atomic E-state index is 12.4. The van der Waals surface area contributed by atoms with Crippen LogP contribution in [0.5, 0.6) is 5.75 Å². The number of aryl methyl sites for hydroxylation is 2. The van der Waals surface area contributed by atoms with Crippen LogP contribution in [0.2, 0.25) is 0 Å². The molecule has 0 radical (unpaired) electrons. The second-order valence-corrected chi connectivity index (χ2v) is 9.10. The van der Waals surface area contributed by atoms with Gasteiger partial charge in [-0.1, -0.05) is 49.4 Å². The van der Waals surface area contributed by atoms with Gasteiger partial charge in [-0.3, -0.25) is 9.36 Å². The number of rotatable bonds is 11. The van der Waals surface area contributed by atoms with Gasteiger partial charge in [0.2, 0.25) is 5.91 Å². The molecule has 1 amide bonds. The Morgan fingerprint density at radius 2 is 2.03 bits per heavy atom. The number of carbonyl (C=O) groups is 1. The average Bonchev–Trinajstić information content (AvgIpc) is 3.16. The standard InChI is InChI=1S/C24H27BrN4O2S/c1-4-6-18-8-10-19(11-9-18)31-15-22-27-28-24(29(22)13-5-2)32-16-23(30)26-21-12-7-17(3)14-20(21)25/h5,7-12,14H,2,4,6,13,15-16H2,1,3H3,(H,26,30). The Balaban J connectivity index is 1.59. The van der Waals surface area contributed by atoms with Crippen molar-refractivity contribution >= 4 is 39.3 Å². The minimum Gasteiger partial charge on any atom is -0.486 e. The third-order valence-corrected chi connectivity index (χ3v) is 6.29. The maximum absolute atomic E-state index is 12.4. The topological polar surface area (TPSA) is 69.0 Å². The number of hydrogen-bond acceptors (Lipinski definition) is 5. The molecule has 0 saturated heterocycles. The highest BCUT2D eigenvalue weighted by Crippen LogP contribution is 2.24. The minimum absolute atomic E-state index is 0.113. The molecule has 0 bridgehead atoms. The number of hydrogen-bond donors (Lipinski definition) is 1. The highest BCUT2D eigenvalue weighted by molar-refractivity contribution is 9.10. The highest BCUT2D eigenvalue weighted by Gasteiger charge is 2.15. The van der Waals surface area contributed by atoms with Gasteiger partial charge in [-0.05, 0) is 64.7 Å². The zero-order valence-electron chi connectivity index (χ0n) is 18.3. The van der Waals surface area contributed by atoms with Crippen molar-refractivity contribution in [2.75, 3.05) is 11.1 Å². The first kappa shape index (κ1) is 24.1. The number of anilines is 1. The summed E-state index contributed by atoms with van der Waals surface area (Å²) in [6.45, 7) is 8.81. The van der Waals surface area contributed by atoms with Gasteiger partial charge >= 0.3 is 0 Å². The molecular formula is C24H27BrN4O2S. The molecule has 0 fully saturated rings.